The number of aliphatic hydroxyl groups is 1. The van der Waals surface area contributed by atoms with E-state index in [1.165, 1.54) is 4.90 Å². The molecule has 1 saturated carbocycles. The lowest BCUT2D eigenvalue weighted by Gasteiger charge is -2.48. The number of aliphatic hydroxyl groups excluding tert-OH is 1. The number of ether oxygens (including phenoxy) is 1. The second-order valence-corrected chi connectivity index (χ2v) is 8.56. The van der Waals surface area contributed by atoms with Crippen LogP contribution in [0.5, 0.6) is 5.75 Å². The Hall–Kier alpha value is -3.12. The molecule has 0 aromatic heterocycles. The number of carbonyl (C=O) groups excluding carboxylic acids is 2. The molecule has 0 radical (unpaired) electrons. The maximum Gasteiger partial charge on any atom is 0.235 e. The number of rotatable bonds is 5. The second kappa shape index (κ2) is 7.54. The highest BCUT2D eigenvalue weighted by Gasteiger charge is 2.61. The van der Waals surface area contributed by atoms with E-state index < -0.39 is 24.1 Å². The number of nitrogens with zero attached hydrogens (tertiary/aromatic N) is 1. The fourth-order valence-electron chi connectivity index (χ4n) is 5.53. The van der Waals surface area contributed by atoms with Crippen LogP contribution in [-0.2, 0) is 9.59 Å². The van der Waals surface area contributed by atoms with Crippen molar-refractivity contribution >= 4 is 11.9 Å². The average molecular weight is 418 g/mol. The topological polar surface area (TPSA) is 89.9 Å². The summed E-state index contributed by atoms with van der Waals surface area (Å²) in [6.07, 6.45) is 1.02. The van der Waals surface area contributed by atoms with Gasteiger partial charge in [0.2, 0.25) is 5.91 Å². The maximum atomic E-state index is 12.6. The third-order valence-electron chi connectivity index (χ3n) is 6.80. The normalized spacial score (nSPS) is 27.9. The predicted octanol–water partition coefficient (Wildman–Crippen LogP) is 2.13. The summed E-state index contributed by atoms with van der Waals surface area (Å²) in [6.45, 7) is 1.59. The number of para-hydroxylation sites is 1. The molecule has 160 valence electrons. The highest BCUT2D eigenvalue weighted by molar-refractivity contribution is 5.99. The Morgan fingerprint density at radius 3 is 2.55 bits per heavy atom. The highest BCUT2D eigenvalue weighted by Crippen LogP contribution is 2.52. The lowest BCUT2D eigenvalue weighted by Crippen LogP contribution is -2.64. The zero-order valence-electron chi connectivity index (χ0n) is 17.2. The van der Waals surface area contributed by atoms with Crippen LogP contribution < -0.4 is 9.84 Å². The Morgan fingerprint density at radius 2 is 1.84 bits per heavy atom. The molecule has 2 heterocycles. The zero-order chi connectivity index (χ0) is 21.7. The van der Waals surface area contributed by atoms with E-state index in [0.717, 1.165) is 24.0 Å². The van der Waals surface area contributed by atoms with E-state index in [-0.39, 0.29) is 23.6 Å². The number of β-lactam (4-membered cyclic amide) rings is 1. The van der Waals surface area contributed by atoms with Crippen LogP contribution in [0.1, 0.15) is 26.2 Å². The Bertz CT molecular complexity index is 1060. The van der Waals surface area contributed by atoms with E-state index in [0.29, 0.717) is 17.7 Å². The largest absolute Gasteiger partial charge is 0.543 e. The number of carboxylic acid groups (broad SMARTS) is 1. The van der Waals surface area contributed by atoms with Gasteiger partial charge in [-0.15, -0.1) is 0 Å². The van der Waals surface area contributed by atoms with Crippen molar-refractivity contribution in [2.45, 2.75) is 44.4 Å². The van der Waals surface area contributed by atoms with E-state index in [1.807, 2.05) is 54.6 Å². The molecule has 2 aliphatic heterocycles. The number of carbonyl (C=O) groups is 2. The van der Waals surface area contributed by atoms with Gasteiger partial charge in [0, 0.05) is 17.1 Å². The standard InChI is InChI=1S/C25H25NO5/c1-14(27)20-22-17-11-7-13-19(21(17)23(25(29)30)26(22)24(20)28)31-18-12-6-5-10-16(18)15-8-3-2-4-9-15/h2-6,8-10,12,14,17,19-20,22,27H,7,11,13H2,1H3,(H,29,30)/p-1. The summed E-state index contributed by atoms with van der Waals surface area (Å²) in [6, 6.07) is 17.3. The minimum absolute atomic E-state index is 0.0567. The molecule has 6 heteroatoms. The van der Waals surface area contributed by atoms with Gasteiger partial charge < -0.3 is 24.6 Å². The van der Waals surface area contributed by atoms with Crippen molar-refractivity contribution in [3.05, 3.63) is 65.9 Å². The van der Waals surface area contributed by atoms with Crippen molar-refractivity contribution in [3.8, 4) is 16.9 Å². The summed E-state index contributed by atoms with van der Waals surface area (Å²) in [5.41, 5.74) is 2.52. The van der Waals surface area contributed by atoms with Crippen molar-refractivity contribution < 1.29 is 24.5 Å². The molecule has 1 N–H and O–H groups in total. The molecule has 1 aliphatic carbocycles. The Balaban J connectivity index is 1.53. The van der Waals surface area contributed by atoms with Crippen molar-refractivity contribution in [1.29, 1.82) is 0 Å². The van der Waals surface area contributed by atoms with Crippen LogP contribution in [0.25, 0.3) is 11.1 Å². The maximum absolute atomic E-state index is 12.6. The smallest absolute Gasteiger partial charge is 0.235 e. The molecule has 0 bridgehead atoms. The number of fused-ring (bicyclic) bond motifs is 3. The number of aliphatic carboxylic acids is 1. The SMILES string of the molecule is CC(O)C1C(=O)N2C(C(=O)[O-])=C3C(Oc4ccccc4-c4ccccc4)CCCC3C12. The molecule has 1 saturated heterocycles. The highest BCUT2D eigenvalue weighted by atomic mass is 16.5. The summed E-state index contributed by atoms with van der Waals surface area (Å²) in [5, 5.41) is 22.2. The Morgan fingerprint density at radius 1 is 1.13 bits per heavy atom. The Labute approximate surface area is 180 Å². The van der Waals surface area contributed by atoms with Crippen molar-refractivity contribution in [2.24, 2.45) is 11.8 Å². The number of benzene rings is 2. The first-order valence-corrected chi connectivity index (χ1v) is 10.8. The average Bonchev–Trinajstić information content (AvgIpc) is 3.06. The predicted molar refractivity (Wildman–Crippen MR) is 111 cm³/mol. The summed E-state index contributed by atoms with van der Waals surface area (Å²) >= 11 is 0. The molecular formula is C25H24NO5-. The van der Waals surface area contributed by atoms with Gasteiger partial charge >= 0.3 is 0 Å². The molecule has 1 amide bonds. The van der Waals surface area contributed by atoms with Crippen LogP contribution in [0.3, 0.4) is 0 Å². The van der Waals surface area contributed by atoms with Gasteiger partial charge in [-0.25, -0.2) is 0 Å². The molecule has 31 heavy (non-hydrogen) atoms. The monoisotopic (exact) mass is 418 g/mol. The van der Waals surface area contributed by atoms with Crippen LogP contribution >= 0.6 is 0 Å². The van der Waals surface area contributed by atoms with Crippen LogP contribution in [0.2, 0.25) is 0 Å². The third kappa shape index (κ3) is 3.05. The van der Waals surface area contributed by atoms with Gasteiger partial charge in [0.1, 0.15) is 11.9 Å². The number of amides is 1. The molecule has 5 atom stereocenters. The lowest BCUT2D eigenvalue weighted by atomic mass is 9.71. The van der Waals surface area contributed by atoms with Gasteiger partial charge in [-0.1, -0.05) is 48.5 Å². The minimum Gasteiger partial charge on any atom is -0.543 e. The Kier molecular flexibility index (Phi) is 4.82. The summed E-state index contributed by atoms with van der Waals surface area (Å²) in [5.74, 6) is -1.73. The fourth-order valence-corrected chi connectivity index (χ4v) is 5.53. The molecule has 3 aliphatic rings. The zero-order valence-corrected chi connectivity index (χ0v) is 17.2. The van der Waals surface area contributed by atoms with Crippen molar-refractivity contribution in [3.63, 3.8) is 0 Å². The molecular weight excluding hydrogens is 394 g/mol. The molecule has 2 aromatic rings. The summed E-state index contributed by atoms with van der Waals surface area (Å²) in [4.78, 5) is 26.1. The van der Waals surface area contributed by atoms with Crippen LogP contribution in [0.15, 0.2) is 65.9 Å². The van der Waals surface area contributed by atoms with Gasteiger partial charge in [0.05, 0.1) is 29.7 Å². The number of hydrogen-bond acceptors (Lipinski definition) is 5. The van der Waals surface area contributed by atoms with Crippen molar-refractivity contribution in [2.75, 3.05) is 0 Å². The van der Waals surface area contributed by atoms with Gasteiger partial charge in [-0.3, -0.25) is 4.79 Å². The van der Waals surface area contributed by atoms with E-state index in [2.05, 4.69) is 0 Å². The van der Waals surface area contributed by atoms with Crippen molar-refractivity contribution in [1.82, 2.24) is 4.90 Å². The molecule has 0 spiro atoms. The first kappa shape index (κ1) is 19.8. The molecule has 5 rings (SSSR count). The van der Waals surface area contributed by atoms with Gasteiger partial charge in [-0.2, -0.15) is 0 Å². The number of hydrogen-bond donors (Lipinski definition) is 1. The van der Waals surface area contributed by atoms with E-state index >= 15 is 0 Å². The summed E-state index contributed by atoms with van der Waals surface area (Å²) in [7, 11) is 0. The van der Waals surface area contributed by atoms with E-state index in [4.69, 9.17) is 4.74 Å². The van der Waals surface area contributed by atoms with Crippen LogP contribution in [-0.4, -0.2) is 40.1 Å². The van der Waals surface area contributed by atoms with Gasteiger partial charge in [0.25, 0.3) is 0 Å². The number of carboxylic acids is 1. The van der Waals surface area contributed by atoms with Crippen LogP contribution in [0.4, 0.5) is 0 Å². The molecule has 6 nitrogen and oxygen atoms in total. The first-order valence-electron chi connectivity index (χ1n) is 10.8. The lowest BCUT2D eigenvalue weighted by molar-refractivity contribution is -0.301. The van der Waals surface area contributed by atoms with Gasteiger partial charge in [-0.05, 0) is 37.8 Å². The summed E-state index contributed by atoms with van der Waals surface area (Å²) < 4.78 is 6.44. The molecule has 2 aromatic carbocycles. The second-order valence-electron chi connectivity index (χ2n) is 8.56. The molecule has 2 fully saturated rings. The van der Waals surface area contributed by atoms with Gasteiger partial charge in [0.15, 0.2) is 0 Å². The third-order valence-corrected chi connectivity index (χ3v) is 6.80. The fraction of sp³-hybridized carbons (Fsp3) is 0.360. The first-order chi connectivity index (χ1) is 15.0. The quantitative estimate of drug-likeness (QED) is 0.752. The molecule has 5 unspecified atom stereocenters. The van der Waals surface area contributed by atoms with E-state index in [9.17, 15) is 19.8 Å². The van der Waals surface area contributed by atoms with Crippen LogP contribution in [0, 0.1) is 11.8 Å². The van der Waals surface area contributed by atoms with E-state index in [1.54, 1.807) is 6.92 Å². The minimum atomic E-state index is -1.35.